The van der Waals surface area contributed by atoms with Crippen molar-refractivity contribution in [1.82, 2.24) is 9.78 Å². The number of anilines is 1. The first-order chi connectivity index (χ1) is 17.4. The average molecular weight is 488 g/mol. The number of carbonyl (C=O) groups excluding carboxylic acids is 1. The van der Waals surface area contributed by atoms with Gasteiger partial charge in [0.1, 0.15) is 11.5 Å². The number of hydrogen-bond donors (Lipinski definition) is 1. The Bertz CT molecular complexity index is 1460. The van der Waals surface area contributed by atoms with E-state index in [2.05, 4.69) is 10.4 Å². The molecule has 4 rings (SSSR count). The van der Waals surface area contributed by atoms with Crippen LogP contribution >= 0.6 is 0 Å². The molecule has 1 amide bonds. The Labute approximate surface area is 207 Å². The van der Waals surface area contributed by atoms with E-state index in [1.807, 2.05) is 0 Å². The molecule has 9 nitrogen and oxygen atoms in total. The molecule has 0 saturated carbocycles. The molecule has 0 fully saturated rings. The Morgan fingerprint density at radius 3 is 2.33 bits per heavy atom. The van der Waals surface area contributed by atoms with Gasteiger partial charge in [0.25, 0.3) is 5.91 Å². The molecular formula is C27H25N3O6. The molecule has 0 unspecified atom stereocenters. The summed E-state index contributed by atoms with van der Waals surface area (Å²) in [6.45, 7) is 1.62. The zero-order chi connectivity index (χ0) is 25.7. The van der Waals surface area contributed by atoms with Gasteiger partial charge in [-0.15, -0.1) is 0 Å². The highest BCUT2D eigenvalue weighted by molar-refractivity contribution is 6.03. The predicted molar refractivity (Wildman–Crippen MR) is 135 cm³/mol. The number of nitrogens with one attached hydrogen (secondary N) is 1. The lowest BCUT2D eigenvalue weighted by Gasteiger charge is -2.14. The van der Waals surface area contributed by atoms with Crippen LogP contribution in [0.2, 0.25) is 0 Å². The van der Waals surface area contributed by atoms with Crippen molar-refractivity contribution < 1.29 is 23.7 Å². The SMILES string of the molecule is COc1cccc(Oc2ccccc2NC(=O)c2nn(-c3ccc(OC)c(OC)c3)cc(C)c2=O)c1. The van der Waals surface area contributed by atoms with Crippen LogP contribution in [0.15, 0.2) is 77.7 Å². The summed E-state index contributed by atoms with van der Waals surface area (Å²) < 4.78 is 23.3. The quantitative estimate of drug-likeness (QED) is 0.387. The molecule has 1 N–H and O–H groups in total. The molecule has 184 valence electrons. The van der Waals surface area contributed by atoms with E-state index in [-0.39, 0.29) is 5.69 Å². The number of benzene rings is 3. The summed E-state index contributed by atoms with van der Waals surface area (Å²) in [6.07, 6.45) is 1.56. The molecule has 0 aliphatic heterocycles. The van der Waals surface area contributed by atoms with Crippen molar-refractivity contribution in [3.8, 4) is 34.4 Å². The first-order valence-electron chi connectivity index (χ1n) is 11.0. The Balaban J connectivity index is 1.65. The zero-order valence-corrected chi connectivity index (χ0v) is 20.3. The second kappa shape index (κ2) is 10.6. The fourth-order valence-corrected chi connectivity index (χ4v) is 3.49. The number of aromatic nitrogens is 2. The van der Waals surface area contributed by atoms with E-state index in [4.69, 9.17) is 18.9 Å². The largest absolute Gasteiger partial charge is 0.497 e. The van der Waals surface area contributed by atoms with Gasteiger partial charge in [-0.2, -0.15) is 5.10 Å². The molecule has 0 atom stereocenters. The molecule has 1 aromatic heterocycles. The van der Waals surface area contributed by atoms with Gasteiger partial charge in [-0.05, 0) is 43.3 Å². The summed E-state index contributed by atoms with van der Waals surface area (Å²) in [5, 5.41) is 7.05. The van der Waals surface area contributed by atoms with Crippen molar-refractivity contribution in [2.24, 2.45) is 0 Å². The third-order valence-electron chi connectivity index (χ3n) is 5.35. The average Bonchev–Trinajstić information content (AvgIpc) is 2.90. The van der Waals surface area contributed by atoms with Crippen LogP contribution in [0.1, 0.15) is 16.1 Å². The Kier molecular flexibility index (Phi) is 7.20. The summed E-state index contributed by atoms with van der Waals surface area (Å²) in [5.74, 6) is 1.92. The molecule has 0 spiro atoms. The van der Waals surface area contributed by atoms with Crippen LogP contribution < -0.4 is 29.7 Å². The summed E-state index contributed by atoms with van der Waals surface area (Å²) >= 11 is 0. The Hall–Kier alpha value is -4.79. The number of aryl methyl sites for hydroxylation is 1. The molecule has 4 aromatic rings. The first kappa shape index (κ1) is 24.3. The number of methoxy groups -OCH3 is 3. The van der Waals surface area contributed by atoms with E-state index in [9.17, 15) is 9.59 Å². The molecule has 0 aliphatic rings. The van der Waals surface area contributed by atoms with Crippen LogP contribution in [0.5, 0.6) is 28.7 Å². The van der Waals surface area contributed by atoms with Crippen LogP contribution in [-0.4, -0.2) is 37.0 Å². The number of amides is 1. The van der Waals surface area contributed by atoms with E-state index in [0.717, 1.165) is 0 Å². The van der Waals surface area contributed by atoms with E-state index in [1.165, 1.54) is 18.9 Å². The number of carbonyl (C=O) groups is 1. The minimum Gasteiger partial charge on any atom is -0.497 e. The van der Waals surface area contributed by atoms with Crippen molar-refractivity contribution in [2.45, 2.75) is 6.92 Å². The molecule has 0 aliphatic carbocycles. The van der Waals surface area contributed by atoms with Crippen molar-refractivity contribution >= 4 is 11.6 Å². The minimum absolute atomic E-state index is 0.263. The lowest BCUT2D eigenvalue weighted by Crippen LogP contribution is -2.27. The second-order valence-corrected chi connectivity index (χ2v) is 7.71. The third-order valence-corrected chi connectivity index (χ3v) is 5.35. The minimum atomic E-state index is -0.667. The van der Waals surface area contributed by atoms with Gasteiger partial charge in [0.05, 0.1) is 32.7 Å². The molecule has 0 bridgehead atoms. The maximum atomic E-state index is 13.2. The highest BCUT2D eigenvalue weighted by Gasteiger charge is 2.18. The molecular weight excluding hydrogens is 462 g/mol. The second-order valence-electron chi connectivity index (χ2n) is 7.71. The summed E-state index contributed by atoms with van der Waals surface area (Å²) in [6, 6.07) is 19.2. The van der Waals surface area contributed by atoms with E-state index >= 15 is 0 Å². The Morgan fingerprint density at radius 1 is 0.833 bits per heavy atom. The van der Waals surface area contributed by atoms with Crippen LogP contribution in [0.3, 0.4) is 0 Å². The molecule has 9 heteroatoms. The maximum absolute atomic E-state index is 13.2. The van der Waals surface area contributed by atoms with Gasteiger partial charge in [-0.25, -0.2) is 4.68 Å². The van der Waals surface area contributed by atoms with Crippen molar-refractivity contribution in [3.63, 3.8) is 0 Å². The van der Waals surface area contributed by atoms with Gasteiger partial charge in [0.15, 0.2) is 22.9 Å². The highest BCUT2D eigenvalue weighted by Crippen LogP contribution is 2.31. The number of hydrogen-bond acceptors (Lipinski definition) is 7. The van der Waals surface area contributed by atoms with Crippen molar-refractivity contribution in [2.75, 3.05) is 26.6 Å². The molecule has 3 aromatic carbocycles. The number of rotatable bonds is 8. The van der Waals surface area contributed by atoms with Crippen LogP contribution in [0.25, 0.3) is 5.69 Å². The smallest absolute Gasteiger partial charge is 0.280 e. The van der Waals surface area contributed by atoms with Crippen molar-refractivity contribution in [3.05, 3.63) is 94.4 Å². The standard InChI is InChI=1S/C27H25N3O6/c1-17-16-30(18-12-13-23(34-3)24(14-18)35-4)29-25(26(17)31)27(32)28-21-10-5-6-11-22(21)36-20-9-7-8-19(15-20)33-2/h5-16H,1-4H3,(H,28,32). The van der Waals surface area contributed by atoms with E-state index < -0.39 is 11.3 Å². The molecule has 0 saturated heterocycles. The van der Waals surface area contributed by atoms with Gasteiger partial charge >= 0.3 is 0 Å². The van der Waals surface area contributed by atoms with Crippen LogP contribution in [-0.2, 0) is 0 Å². The lowest BCUT2D eigenvalue weighted by molar-refractivity contribution is 0.101. The lowest BCUT2D eigenvalue weighted by atomic mass is 10.2. The van der Waals surface area contributed by atoms with Crippen molar-refractivity contribution in [1.29, 1.82) is 0 Å². The summed E-state index contributed by atoms with van der Waals surface area (Å²) in [4.78, 5) is 26.0. The number of ether oxygens (including phenoxy) is 4. The third kappa shape index (κ3) is 5.15. The first-order valence-corrected chi connectivity index (χ1v) is 11.0. The fourth-order valence-electron chi connectivity index (χ4n) is 3.49. The van der Waals surface area contributed by atoms with Gasteiger partial charge in [-0.1, -0.05) is 18.2 Å². The van der Waals surface area contributed by atoms with E-state index in [1.54, 1.807) is 87.0 Å². The summed E-state index contributed by atoms with van der Waals surface area (Å²) in [5.41, 5.74) is 0.583. The number of para-hydroxylation sites is 2. The molecule has 36 heavy (non-hydrogen) atoms. The van der Waals surface area contributed by atoms with Gasteiger partial charge in [-0.3, -0.25) is 9.59 Å². The van der Waals surface area contributed by atoms with Gasteiger partial charge < -0.3 is 24.3 Å². The highest BCUT2D eigenvalue weighted by atomic mass is 16.5. The van der Waals surface area contributed by atoms with Gasteiger partial charge in [0, 0.05) is 23.9 Å². The number of nitrogens with zero attached hydrogens (tertiary/aromatic N) is 2. The topological polar surface area (TPSA) is 101 Å². The van der Waals surface area contributed by atoms with Crippen LogP contribution in [0.4, 0.5) is 5.69 Å². The zero-order valence-electron chi connectivity index (χ0n) is 20.3. The van der Waals surface area contributed by atoms with E-state index in [0.29, 0.717) is 45.7 Å². The predicted octanol–water partition coefficient (Wildman–Crippen LogP) is 4.61. The fraction of sp³-hybridized carbons (Fsp3) is 0.148. The summed E-state index contributed by atoms with van der Waals surface area (Å²) in [7, 11) is 4.63. The normalized spacial score (nSPS) is 10.4. The maximum Gasteiger partial charge on any atom is 0.280 e. The Morgan fingerprint density at radius 2 is 1.58 bits per heavy atom. The van der Waals surface area contributed by atoms with Gasteiger partial charge in [0.2, 0.25) is 5.43 Å². The van der Waals surface area contributed by atoms with Crippen LogP contribution in [0, 0.1) is 6.92 Å². The molecule has 0 radical (unpaired) electrons. The molecule has 1 heterocycles. The monoisotopic (exact) mass is 487 g/mol.